The first-order chi connectivity index (χ1) is 10.3. The Balaban J connectivity index is 1.76. The zero-order valence-electron chi connectivity index (χ0n) is 12.3. The van der Waals surface area contributed by atoms with E-state index >= 15 is 0 Å². The summed E-state index contributed by atoms with van der Waals surface area (Å²) in [4.78, 5) is 7.17. The van der Waals surface area contributed by atoms with Gasteiger partial charge in [-0.25, -0.2) is 4.98 Å². The van der Waals surface area contributed by atoms with Crippen LogP contribution in [0.2, 0.25) is 0 Å². The van der Waals surface area contributed by atoms with E-state index in [9.17, 15) is 0 Å². The van der Waals surface area contributed by atoms with Gasteiger partial charge in [0.2, 0.25) is 0 Å². The quantitative estimate of drug-likeness (QED) is 0.943. The molecule has 4 nitrogen and oxygen atoms in total. The third kappa shape index (κ3) is 3.32. The maximum absolute atomic E-state index is 5.87. The molecular formula is C16H21N3OS. The van der Waals surface area contributed by atoms with E-state index in [1.165, 1.54) is 0 Å². The largest absolute Gasteiger partial charge is 0.368 e. The van der Waals surface area contributed by atoms with Crippen LogP contribution in [-0.2, 0) is 11.3 Å². The lowest BCUT2D eigenvalue weighted by atomic mass is 10.1. The zero-order valence-corrected chi connectivity index (χ0v) is 13.1. The van der Waals surface area contributed by atoms with Crippen LogP contribution in [0.4, 0.5) is 0 Å². The van der Waals surface area contributed by atoms with E-state index in [4.69, 9.17) is 15.5 Å². The second-order valence-corrected chi connectivity index (χ2v) is 6.11. The van der Waals surface area contributed by atoms with Crippen molar-refractivity contribution in [1.82, 2.24) is 9.88 Å². The molecule has 0 spiro atoms. The Morgan fingerprint density at radius 2 is 2.19 bits per heavy atom. The van der Waals surface area contributed by atoms with Gasteiger partial charge in [-0.05, 0) is 12.1 Å². The van der Waals surface area contributed by atoms with Crippen LogP contribution in [0.15, 0.2) is 29.6 Å². The Morgan fingerprint density at radius 1 is 1.38 bits per heavy atom. The number of hydrogen-bond donors (Lipinski definition) is 1. The topological polar surface area (TPSA) is 51.4 Å². The summed E-state index contributed by atoms with van der Waals surface area (Å²) >= 11 is 1.69. The predicted octanol–water partition coefficient (Wildman–Crippen LogP) is 2.66. The number of aromatic nitrogens is 1. The standard InChI is InChI=1S/C16H21N3OS/c1-2-19-7-8-20-15(10-19)16-18-14(11-21-16)13-5-3-12(9-17)4-6-13/h3-6,11,15H,2,7-10,17H2,1H3. The smallest absolute Gasteiger partial charge is 0.124 e. The summed E-state index contributed by atoms with van der Waals surface area (Å²) < 4.78 is 5.87. The van der Waals surface area contributed by atoms with Gasteiger partial charge in [-0.15, -0.1) is 11.3 Å². The van der Waals surface area contributed by atoms with E-state index in [-0.39, 0.29) is 6.10 Å². The van der Waals surface area contributed by atoms with Gasteiger partial charge in [0.15, 0.2) is 0 Å². The van der Waals surface area contributed by atoms with Crippen LogP contribution in [0, 0.1) is 0 Å². The van der Waals surface area contributed by atoms with Crippen molar-refractivity contribution in [2.45, 2.75) is 19.6 Å². The van der Waals surface area contributed by atoms with Crippen LogP contribution in [0.25, 0.3) is 11.3 Å². The normalized spacial score (nSPS) is 19.8. The number of thiazole rings is 1. The molecular weight excluding hydrogens is 282 g/mol. The summed E-state index contributed by atoms with van der Waals surface area (Å²) in [6.07, 6.45) is 0.112. The maximum atomic E-state index is 5.87. The number of likely N-dealkylation sites (N-methyl/N-ethyl adjacent to an activating group) is 1. The predicted molar refractivity (Wildman–Crippen MR) is 86.2 cm³/mol. The summed E-state index contributed by atoms with van der Waals surface area (Å²) in [5.74, 6) is 0. The average molecular weight is 303 g/mol. The molecule has 0 radical (unpaired) electrons. The minimum absolute atomic E-state index is 0.112. The van der Waals surface area contributed by atoms with E-state index < -0.39 is 0 Å². The van der Waals surface area contributed by atoms with E-state index in [0.717, 1.165) is 48.1 Å². The second-order valence-electron chi connectivity index (χ2n) is 5.22. The summed E-state index contributed by atoms with van der Waals surface area (Å²) in [6, 6.07) is 8.29. The van der Waals surface area contributed by atoms with Crippen LogP contribution in [0.1, 0.15) is 23.6 Å². The molecule has 0 saturated carbocycles. The van der Waals surface area contributed by atoms with Crippen molar-refractivity contribution in [2.24, 2.45) is 5.73 Å². The molecule has 112 valence electrons. The summed E-state index contributed by atoms with van der Waals surface area (Å²) in [5, 5.41) is 3.19. The maximum Gasteiger partial charge on any atom is 0.124 e. The fourth-order valence-corrected chi connectivity index (χ4v) is 3.39. The summed E-state index contributed by atoms with van der Waals surface area (Å²) in [7, 11) is 0. The molecule has 0 bridgehead atoms. The molecule has 2 N–H and O–H groups in total. The Morgan fingerprint density at radius 3 is 2.90 bits per heavy atom. The molecule has 2 aromatic rings. The highest BCUT2D eigenvalue weighted by Gasteiger charge is 2.23. The number of hydrogen-bond acceptors (Lipinski definition) is 5. The Kier molecular flexibility index (Phi) is 4.65. The van der Waals surface area contributed by atoms with Crippen molar-refractivity contribution in [2.75, 3.05) is 26.2 Å². The average Bonchev–Trinajstić information content (AvgIpc) is 3.05. The van der Waals surface area contributed by atoms with Crippen LogP contribution < -0.4 is 5.73 Å². The molecule has 1 saturated heterocycles. The number of morpholine rings is 1. The molecule has 0 aliphatic carbocycles. The van der Waals surface area contributed by atoms with Gasteiger partial charge in [0.05, 0.1) is 12.3 Å². The van der Waals surface area contributed by atoms with Crippen molar-refractivity contribution in [3.8, 4) is 11.3 Å². The number of benzene rings is 1. The minimum atomic E-state index is 0.112. The van der Waals surface area contributed by atoms with Gasteiger partial charge in [0, 0.05) is 30.6 Å². The summed E-state index contributed by atoms with van der Waals surface area (Å²) in [5.41, 5.74) is 8.93. The first kappa shape index (κ1) is 14.7. The molecule has 1 fully saturated rings. The lowest BCUT2D eigenvalue weighted by Gasteiger charge is -2.30. The third-order valence-corrected chi connectivity index (χ3v) is 4.82. The minimum Gasteiger partial charge on any atom is -0.368 e. The molecule has 0 amide bonds. The Hall–Kier alpha value is -1.27. The molecule has 3 rings (SSSR count). The molecule has 1 aromatic heterocycles. The SMILES string of the molecule is CCN1CCOC(c2nc(-c3ccc(CN)cc3)cs2)C1. The van der Waals surface area contributed by atoms with Gasteiger partial charge in [-0.1, -0.05) is 31.2 Å². The van der Waals surface area contributed by atoms with E-state index in [2.05, 4.69) is 41.5 Å². The number of ether oxygens (including phenoxy) is 1. The Bertz CT molecular complexity index is 581. The van der Waals surface area contributed by atoms with E-state index in [1.807, 2.05) is 0 Å². The number of rotatable bonds is 4. The molecule has 1 aliphatic rings. The lowest BCUT2D eigenvalue weighted by Crippen LogP contribution is -2.37. The fraction of sp³-hybridized carbons (Fsp3) is 0.438. The highest BCUT2D eigenvalue weighted by Crippen LogP contribution is 2.29. The van der Waals surface area contributed by atoms with Crippen LogP contribution in [0.5, 0.6) is 0 Å². The molecule has 5 heteroatoms. The van der Waals surface area contributed by atoms with Gasteiger partial charge in [0.1, 0.15) is 11.1 Å². The fourth-order valence-electron chi connectivity index (χ4n) is 2.52. The van der Waals surface area contributed by atoms with Crippen LogP contribution >= 0.6 is 11.3 Å². The molecule has 2 heterocycles. The number of nitrogens with two attached hydrogens (primary N) is 1. The van der Waals surface area contributed by atoms with E-state index in [1.54, 1.807) is 11.3 Å². The van der Waals surface area contributed by atoms with Crippen molar-refractivity contribution in [1.29, 1.82) is 0 Å². The van der Waals surface area contributed by atoms with E-state index in [0.29, 0.717) is 6.54 Å². The third-order valence-electron chi connectivity index (χ3n) is 3.88. The lowest BCUT2D eigenvalue weighted by molar-refractivity contribution is -0.0282. The molecule has 1 aromatic carbocycles. The molecule has 1 unspecified atom stereocenters. The van der Waals surface area contributed by atoms with Gasteiger partial charge < -0.3 is 10.5 Å². The van der Waals surface area contributed by atoms with Gasteiger partial charge in [-0.2, -0.15) is 0 Å². The Labute approximate surface area is 129 Å². The van der Waals surface area contributed by atoms with Crippen LogP contribution in [-0.4, -0.2) is 36.1 Å². The first-order valence-electron chi connectivity index (χ1n) is 7.39. The van der Waals surface area contributed by atoms with Gasteiger partial charge in [0.25, 0.3) is 0 Å². The monoisotopic (exact) mass is 303 g/mol. The summed E-state index contributed by atoms with van der Waals surface area (Å²) in [6.45, 7) is 6.58. The highest BCUT2D eigenvalue weighted by atomic mass is 32.1. The van der Waals surface area contributed by atoms with Crippen molar-refractivity contribution in [3.63, 3.8) is 0 Å². The first-order valence-corrected chi connectivity index (χ1v) is 8.27. The van der Waals surface area contributed by atoms with Crippen molar-refractivity contribution < 1.29 is 4.74 Å². The zero-order chi connectivity index (χ0) is 14.7. The highest BCUT2D eigenvalue weighted by molar-refractivity contribution is 7.10. The second kappa shape index (κ2) is 6.66. The van der Waals surface area contributed by atoms with Crippen molar-refractivity contribution >= 4 is 11.3 Å². The molecule has 1 aliphatic heterocycles. The molecule has 1 atom stereocenters. The van der Waals surface area contributed by atoms with Gasteiger partial charge in [-0.3, -0.25) is 4.90 Å². The number of nitrogens with zero attached hydrogens (tertiary/aromatic N) is 2. The van der Waals surface area contributed by atoms with Gasteiger partial charge >= 0.3 is 0 Å². The molecule has 21 heavy (non-hydrogen) atoms. The van der Waals surface area contributed by atoms with Crippen molar-refractivity contribution in [3.05, 3.63) is 40.2 Å². The van der Waals surface area contributed by atoms with Crippen LogP contribution in [0.3, 0.4) is 0 Å².